The molecule has 27 heavy (non-hydrogen) atoms. The molecule has 0 atom stereocenters. The molecular weight excluding hydrogens is 344 g/mol. The van der Waals surface area contributed by atoms with Crippen molar-refractivity contribution < 1.29 is 14.0 Å². The standard InChI is InChI=1S/C20H22N4O3/c25-19(21-9-6-16-14-24-10-2-1-5-18(24)22-16)15-7-11-23(12-8-15)20(26)17-4-3-13-27-17/h1-5,10,13-15H,6-9,11-12H2,(H,21,25). The van der Waals surface area contributed by atoms with Crippen molar-refractivity contribution in [2.45, 2.75) is 19.3 Å². The first-order valence-electron chi connectivity index (χ1n) is 9.24. The number of pyridine rings is 1. The van der Waals surface area contributed by atoms with Crippen LogP contribution in [0.25, 0.3) is 5.65 Å². The number of hydrogen-bond acceptors (Lipinski definition) is 4. The predicted octanol–water partition coefficient (Wildman–Crippen LogP) is 2.14. The minimum atomic E-state index is -0.106. The van der Waals surface area contributed by atoms with E-state index in [-0.39, 0.29) is 17.7 Å². The molecule has 0 aromatic carbocycles. The lowest BCUT2D eigenvalue weighted by atomic mass is 9.95. The third-order valence-electron chi connectivity index (χ3n) is 4.98. The molecule has 2 amide bonds. The molecule has 1 aliphatic rings. The Morgan fingerprint density at radius 3 is 2.78 bits per heavy atom. The maximum atomic E-state index is 12.4. The molecule has 1 saturated heterocycles. The number of imidazole rings is 1. The van der Waals surface area contributed by atoms with Crippen molar-refractivity contribution in [1.29, 1.82) is 0 Å². The summed E-state index contributed by atoms with van der Waals surface area (Å²) < 4.78 is 7.14. The van der Waals surface area contributed by atoms with Gasteiger partial charge in [0.15, 0.2) is 5.76 Å². The van der Waals surface area contributed by atoms with Gasteiger partial charge in [-0.05, 0) is 37.1 Å². The van der Waals surface area contributed by atoms with Crippen LogP contribution in [0.2, 0.25) is 0 Å². The number of rotatable bonds is 5. The predicted molar refractivity (Wildman–Crippen MR) is 99.2 cm³/mol. The van der Waals surface area contributed by atoms with Crippen LogP contribution in [-0.4, -0.2) is 45.7 Å². The van der Waals surface area contributed by atoms with Gasteiger partial charge in [0.2, 0.25) is 5.91 Å². The van der Waals surface area contributed by atoms with Gasteiger partial charge in [0.1, 0.15) is 5.65 Å². The van der Waals surface area contributed by atoms with Gasteiger partial charge in [0.05, 0.1) is 12.0 Å². The quantitative estimate of drug-likeness (QED) is 0.750. The van der Waals surface area contributed by atoms with Crippen molar-refractivity contribution in [3.8, 4) is 0 Å². The number of furan rings is 1. The van der Waals surface area contributed by atoms with Crippen molar-refractivity contribution >= 4 is 17.5 Å². The van der Waals surface area contributed by atoms with Crippen molar-refractivity contribution in [3.63, 3.8) is 0 Å². The Morgan fingerprint density at radius 2 is 2.04 bits per heavy atom. The molecule has 7 nitrogen and oxygen atoms in total. The summed E-state index contributed by atoms with van der Waals surface area (Å²) >= 11 is 0. The number of carbonyl (C=O) groups excluding carboxylic acids is 2. The Hall–Kier alpha value is -3.09. The van der Waals surface area contributed by atoms with Gasteiger partial charge in [-0.25, -0.2) is 4.98 Å². The molecule has 3 aromatic rings. The minimum absolute atomic E-state index is 0.0493. The van der Waals surface area contributed by atoms with E-state index in [9.17, 15) is 9.59 Å². The van der Waals surface area contributed by atoms with Crippen molar-refractivity contribution in [2.75, 3.05) is 19.6 Å². The van der Waals surface area contributed by atoms with E-state index in [0.717, 1.165) is 11.3 Å². The first-order valence-corrected chi connectivity index (χ1v) is 9.24. The van der Waals surface area contributed by atoms with Gasteiger partial charge >= 0.3 is 0 Å². The molecule has 0 radical (unpaired) electrons. The second kappa shape index (κ2) is 7.65. The van der Waals surface area contributed by atoms with E-state index in [1.807, 2.05) is 35.0 Å². The molecule has 0 bridgehead atoms. The van der Waals surface area contributed by atoms with Gasteiger partial charge in [-0.15, -0.1) is 0 Å². The zero-order chi connectivity index (χ0) is 18.6. The number of likely N-dealkylation sites (tertiary alicyclic amines) is 1. The summed E-state index contributed by atoms with van der Waals surface area (Å²) in [7, 11) is 0. The molecule has 0 saturated carbocycles. The van der Waals surface area contributed by atoms with Gasteiger partial charge in [0.25, 0.3) is 5.91 Å². The topological polar surface area (TPSA) is 79.9 Å². The average Bonchev–Trinajstić information content (AvgIpc) is 3.37. The molecule has 1 aliphatic heterocycles. The highest BCUT2D eigenvalue weighted by atomic mass is 16.3. The molecular formula is C20H22N4O3. The molecule has 0 spiro atoms. The molecule has 7 heteroatoms. The highest BCUT2D eigenvalue weighted by Gasteiger charge is 2.28. The van der Waals surface area contributed by atoms with E-state index < -0.39 is 0 Å². The first-order chi connectivity index (χ1) is 13.2. The maximum Gasteiger partial charge on any atom is 0.289 e. The second-order valence-electron chi connectivity index (χ2n) is 6.78. The fourth-order valence-electron chi connectivity index (χ4n) is 3.47. The van der Waals surface area contributed by atoms with E-state index in [1.165, 1.54) is 6.26 Å². The van der Waals surface area contributed by atoms with Crippen LogP contribution in [0.3, 0.4) is 0 Å². The second-order valence-corrected chi connectivity index (χ2v) is 6.78. The highest BCUT2D eigenvalue weighted by Crippen LogP contribution is 2.19. The SMILES string of the molecule is O=C(NCCc1cn2ccccc2n1)C1CCN(C(=O)c2ccco2)CC1. The van der Waals surface area contributed by atoms with Gasteiger partial charge in [-0.1, -0.05) is 6.07 Å². The number of carbonyl (C=O) groups is 2. The normalized spacial score (nSPS) is 15.2. The van der Waals surface area contributed by atoms with Gasteiger partial charge in [-0.3, -0.25) is 9.59 Å². The Bertz CT molecular complexity index is 891. The Morgan fingerprint density at radius 1 is 1.19 bits per heavy atom. The van der Waals surface area contributed by atoms with Gasteiger partial charge < -0.3 is 19.0 Å². The fourth-order valence-corrected chi connectivity index (χ4v) is 3.47. The Kier molecular flexibility index (Phi) is 4.91. The molecule has 0 unspecified atom stereocenters. The molecule has 1 fully saturated rings. The smallest absolute Gasteiger partial charge is 0.289 e. The summed E-state index contributed by atoms with van der Waals surface area (Å²) in [5.74, 6) is 0.256. The number of amides is 2. The average molecular weight is 366 g/mol. The van der Waals surface area contributed by atoms with Crippen molar-refractivity contribution in [3.05, 3.63) is 60.4 Å². The molecule has 3 aromatic heterocycles. The van der Waals surface area contributed by atoms with Crippen LogP contribution >= 0.6 is 0 Å². The summed E-state index contributed by atoms with van der Waals surface area (Å²) in [6, 6.07) is 9.25. The lowest BCUT2D eigenvalue weighted by molar-refractivity contribution is -0.126. The van der Waals surface area contributed by atoms with Crippen LogP contribution in [0.4, 0.5) is 0 Å². The van der Waals surface area contributed by atoms with Crippen LogP contribution in [0.5, 0.6) is 0 Å². The first kappa shape index (κ1) is 17.3. The number of hydrogen-bond donors (Lipinski definition) is 1. The number of nitrogens with one attached hydrogen (secondary N) is 1. The van der Waals surface area contributed by atoms with Crippen molar-refractivity contribution in [2.24, 2.45) is 5.92 Å². The lowest BCUT2D eigenvalue weighted by Gasteiger charge is -2.30. The number of nitrogens with zero attached hydrogens (tertiary/aromatic N) is 3. The highest BCUT2D eigenvalue weighted by molar-refractivity contribution is 5.91. The van der Waals surface area contributed by atoms with E-state index in [0.29, 0.717) is 44.7 Å². The van der Waals surface area contributed by atoms with Crippen LogP contribution in [0, 0.1) is 5.92 Å². The Balaban J connectivity index is 1.23. The molecule has 1 N–H and O–H groups in total. The van der Waals surface area contributed by atoms with Crippen LogP contribution in [0.1, 0.15) is 29.1 Å². The molecule has 4 heterocycles. The van der Waals surface area contributed by atoms with Crippen LogP contribution in [0.15, 0.2) is 53.4 Å². The Labute approximate surface area is 157 Å². The third-order valence-corrected chi connectivity index (χ3v) is 4.98. The summed E-state index contributed by atoms with van der Waals surface area (Å²) in [5, 5.41) is 3.01. The minimum Gasteiger partial charge on any atom is -0.459 e. The largest absolute Gasteiger partial charge is 0.459 e. The molecule has 140 valence electrons. The lowest BCUT2D eigenvalue weighted by Crippen LogP contribution is -2.43. The maximum absolute atomic E-state index is 12.4. The number of piperidine rings is 1. The summed E-state index contributed by atoms with van der Waals surface area (Å²) in [5.41, 5.74) is 1.87. The zero-order valence-electron chi connectivity index (χ0n) is 15.0. The van der Waals surface area contributed by atoms with Gasteiger partial charge in [-0.2, -0.15) is 0 Å². The number of fused-ring (bicyclic) bond motifs is 1. The fraction of sp³-hybridized carbons (Fsp3) is 0.350. The van der Waals surface area contributed by atoms with E-state index in [1.54, 1.807) is 17.0 Å². The van der Waals surface area contributed by atoms with E-state index >= 15 is 0 Å². The monoisotopic (exact) mass is 366 g/mol. The van der Waals surface area contributed by atoms with Crippen LogP contribution < -0.4 is 5.32 Å². The van der Waals surface area contributed by atoms with E-state index in [4.69, 9.17) is 4.42 Å². The number of aromatic nitrogens is 2. The van der Waals surface area contributed by atoms with E-state index in [2.05, 4.69) is 10.3 Å². The summed E-state index contributed by atoms with van der Waals surface area (Å²) in [6.07, 6.45) is 7.49. The molecule has 0 aliphatic carbocycles. The van der Waals surface area contributed by atoms with Crippen LogP contribution in [-0.2, 0) is 11.2 Å². The summed E-state index contributed by atoms with van der Waals surface area (Å²) in [6.45, 7) is 1.71. The van der Waals surface area contributed by atoms with Crippen molar-refractivity contribution in [1.82, 2.24) is 19.6 Å². The van der Waals surface area contributed by atoms with Gasteiger partial charge in [0, 0.05) is 44.4 Å². The zero-order valence-corrected chi connectivity index (χ0v) is 15.0. The molecule has 4 rings (SSSR count). The summed E-state index contributed by atoms with van der Waals surface area (Å²) in [4.78, 5) is 31.0. The third kappa shape index (κ3) is 3.86.